The van der Waals surface area contributed by atoms with Crippen molar-refractivity contribution >= 4 is 0 Å². The second-order valence-electron chi connectivity index (χ2n) is 5.94. The molecule has 1 aromatic heterocycles. The van der Waals surface area contributed by atoms with Gasteiger partial charge in [0.05, 0.1) is 5.69 Å². The van der Waals surface area contributed by atoms with Gasteiger partial charge in [0, 0.05) is 19.3 Å². The Morgan fingerprint density at radius 1 is 1.33 bits per heavy atom. The van der Waals surface area contributed by atoms with Crippen LogP contribution in [0.3, 0.4) is 0 Å². The summed E-state index contributed by atoms with van der Waals surface area (Å²) in [7, 11) is 0. The van der Waals surface area contributed by atoms with E-state index in [1.165, 1.54) is 45.3 Å². The van der Waals surface area contributed by atoms with Crippen molar-refractivity contribution in [1.82, 2.24) is 19.9 Å². The zero-order chi connectivity index (χ0) is 14.9. The maximum Gasteiger partial charge on any atom is 0.0962 e. The normalized spacial score (nSPS) is 17.8. The van der Waals surface area contributed by atoms with Crippen molar-refractivity contribution in [2.45, 2.75) is 52.1 Å². The third kappa shape index (κ3) is 5.59. The molecule has 0 atom stereocenters. The summed E-state index contributed by atoms with van der Waals surface area (Å²) in [6, 6.07) is 0. The van der Waals surface area contributed by atoms with Gasteiger partial charge in [0.15, 0.2) is 0 Å². The Hall–Kier alpha value is -1.20. The molecule has 21 heavy (non-hydrogen) atoms. The molecule has 0 amide bonds. The van der Waals surface area contributed by atoms with E-state index in [1.54, 1.807) is 0 Å². The van der Waals surface area contributed by atoms with Crippen LogP contribution in [-0.4, -0.2) is 39.5 Å². The van der Waals surface area contributed by atoms with E-state index in [2.05, 4.69) is 34.3 Å². The van der Waals surface area contributed by atoms with Gasteiger partial charge in [-0.3, -0.25) is 4.68 Å². The van der Waals surface area contributed by atoms with Crippen molar-refractivity contribution < 1.29 is 0 Å². The molecule has 2 N–H and O–H groups in total. The molecule has 2 rings (SSSR count). The number of rotatable bonds is 8. The number of piperidine rings is 1. The van der Waals surface area contributed by atoms with Crippen molar-refractivity contribution in [3.8, 4) is 0 Å². The minimum absolute atomic E-state index is 0.477. The summed E-state index contributed by atoms with van der Waals surface area (Å²) >= 11 is 0. The van der Waals surface area contributed by atoms with Gasteiger partial charge >= 0.3 is 0 Å². The van der Waals surface area contributed by atoms with Gasteiger partial charge in [-0.1, -0.05) is 24.3 Å². The summed E-state index contributed by atoms with van der Waals surface area (Å²) in [6.07, 6.45) is 12.7. The Morgan fingerprint density at radius 2 is 2.14 bits per heavy atom. The molecule has 118 valence electrons. The van der Waals surface area contributed by atoms with E-state index in [9.17, 15) is 0 Å². The van der Waals surface area contributed by atoms with Gasteiger partial charge in [0.1, 0.15) is 0 Å². The minimum atomic E-state index is 0.477. The second kappa shape index (κ2) is 8.95. The predicted octanol–water partition coefficient (Wildman–Crippen LogP) is 2.20. The quantitative estimate of drug-likeness (QED) is 0.589. The molecular weight excluding hydrogens is 262 g/mol. The van der Waals surface area contributed by atoms with Gasteiger partial charge in [-0.25, -0.2) is 0 Å². The first-order valence-electron chi connectivity index (χ1n) is 8.28. The van der Waals surface area contributed by atoms with Crippen LogP contribution < -0.4 is 5.73 Å². The van der Waals surface area contributed by atoms with Crippen LogP contribution in [0.1, 0.15) is 44.7 Å². The van der Waals surface area contributed by atoms with E-state index in [1.807, 2.05) is 10.9 Å². The molecule has 0 aromatic carbocycles. The number of hydrogen-bond donors (Lipinski definition) is 1. The Kier molecular flexibility index (Phi) is 6.89. The summed E-state index contributed by atoms with van der Waals surface area (Å²) in [5.74, 6) is 0.730. The number of hydrogen-bond acceptors (Lipinski definition) is 4. The molecule has 5 nitrogen and oxygen atoms in total. The number of unbranched alkanes of at least 4 members (excludes halogenated alkanes) is 1. The summed E-state index contributed by atoms with van der Waals surface area (Å²) in [5, 5.41) is 8.19. The van der Waals surface area contributed by atoms with Crippen molar-refractivity contribution in [2.24, 2.45) is 11.7 Å². The maximum atomic E-state index is 5.56. The van der Waals surface area contributed by atoms with E-state index in [4.69, 9.17) is 5.73 Å². The van der Waals surface area contributed by atoms with Gasteiger partial charge in [0.25, 0.3) is 0 Å². The Bertz CT molecular complexity index is 418. The molecule has 0 aliphatic carbocycles. The van der Waals surface area contributed by atoms with Gasteiger partial charge in [-0.2, -0.15) is 0 Å². The fourth-order valence-electron chi connectivity index (χ4n) is 2.90. The molecule has 1 aromatic rings. The lowest BCUT2D eigenvalue weighted by Gasteiger charge is -2.31. The van der Waals surface area contributed by atoms with Crippen molar-refractivity contribution in [1.29, 1.82) is 0 Å². The third-order valence-electron chi connectivity index (χ3n) is 4.20. The molecule has 1 aliphatic heterocycles. The maximum absolute atomic E-state index is 5.56. The van der Waals surface area contributed by atoms with Crippen LogP contribution in [0.2, 0.25) is 0 Å². The average molecular weight is 291 g/mol. The van der Waals surface area contributed by atoms with Crippen LogP contribution >= 0.6 is 0 Å². The zero-order valence-corrected chi connectivity index (χ0v) is 13.2. The molecule has 0 bridgehead atoms. The van der Waals surface area contributed by atoms with Crippen LogP contribution in [0, 0.1) is 5.92 Å². The SMILES string of the molecule is CCC=CCCCN1CCC(Cn2cc(CN)nn2)CC1. The molecule has 1 aliphatic rings. The van der Waals surface area contributed by atoms with E-state index in [-0.39, 0.29) is 0 Å². The summed E-state index contributed by atoms with van der Waals surface area (Å²) in [5.41, 5.74) is 6.45. The highest BCUT2D eigenvalue weighted by atomic mass is 15.4. The monoisotopic (exact) mass is 291 g/mol. The summed E-state index contributed by atoms with van der Waals surface area (Å²) in [6.45, 7) is 7.33. The smallest absolute Gasteiger partial charge is 0.0962 e. The van der Waals surface area contributed by atoms with Gasteiger partial charge in [-0.15, -0.1) is 5.10 Å². The molecule has 1 saturated heterocycles. The Morgan fingerprint density at radius 3 is 2.81 bits per heavy atom. The lowest BCUT2D eigenvalue weighted by molar-refractivity contribution is 0.169. The highest BCUT2D eigenvalue weighted by molar-refractivity contribution is 4.90. The molecular formula is C16H29N5. The standard InChI is InChI=1S/C16H29N5/c1-2-3-4-5-6-9-20-10-7-15(8-11-20)13-21-14-16(12-17)18-19-21/h3-4,14-15H,2,5-13,17H2,1H3. The molecule has 0 radical (unpaired) electrons. The van der Waals surface area contributed by atoms with Crippen molar-refractivity contribution in [2.75, 3.05) is 19.6 Å². The molecule has 2 heterocycles. The molecule has 0 saturated carbocycles. The molecule has 0 unspecified atom stereocenters. The molecule has 0 spiro atoms. The van der Waals surface area contributed by atoms with E-state index in [0.717, 1.165) is 24.6 Å². The molecule has 1 fully saturated rings. The van der Waals surface area contributed by atoms with E-state index >= 15 is 0 Å². The van der Waals surface area contributed by atoms with Crippen molar-refractivity contribution in [3.63, 3.8) is 0 Å². The number of aromatic nitrogens is 3. The topological polar surface area (TPSA) is 60.0 Å². The molecule has 5 heteroatoms. The van der Waals surface area contributed by atoms with Crippen LogP contribution in [0.4, 0.5) is 0 Å². The van der Waals surface area contributed by atoms with Crippen LogP contribution in [0.5, 0.6) is 0 Å². The summed E-state index contributed by atoms with van der Waals surface area (Å²) < 4.78 is 1.96. The van der Waals surface area contributed by atoms with Crippen LogP contribution in [0.25, 0.3) is 0 Å². The average Bonchev–Trinajstić information content (AvgIpc) is 2.96. The number of nitrogens with zero attached hydrogens (tertiary/aromatic N) is 4. The van der Waals surface area contributed by atoms with E-state index in [0.29, 0.717) is 6.54 Å². The Balaban J connectivity index is 1.62. The van der Waals surface area contributed by atoms with Crippen molar-refractivity contribution in [3.05, 3.63) is 24.0 Å². The van der Waals surface area contributed by atoms with Gasteiger partial charge < -0.3 is 10.6 Å². The van der Waals surface area contributed by atoms with Crippen LogP contribution in [-0.2, 0) is 13.1 Å². The highest BCUT2D eigenvalue weighted by Crippen LogP contribution is 2.19. The predicted molar refractivity (Wildman–Crippen MR) is 85.7 cm³/mol. The number of likely N-dealkylation sites (tertiary alicyclic amines) is 1. The number of nitrogens with two attached hydrogens (primary N) is 1. The first kappa shape index (κ1) is 16.2. The fourth-order valence-corrected chi connectivity index (χ4v) is 2.90. The fraction of sp³-hybridized carbons (Fsp3) is 0.750. The lowest BCUT2D eigenvalue weighted by atomic mass is 9.96. The number of allylic oxidation sites excluding steroid dienone is 2. The first-order chi connectivity index (χ1) is 10.3. The summed E-state index contributed by atoms with van der Waals surface area (Å²) in [4.78, 5) is 2.60. The Labute approximate surface area is 128 Å². The zero-order valence-electron chi connectivity index (χ0n) is 13.2. The van der Waals surface area contributed by atoms with Gasteiger partial charge in [0.2, 0.25) is 0 Å². The minimum Gasteiger partial charge on any atom is -0.325 e. The largest absolute Gasteiger partial charge is 0.325 e. The van der Waals surface area contributed by atoms with Gasteiger partial charge in [-0.05, 0) is 57.7 Å². The second-order valence-corrected chi connectivity index (χ2v) is 5.94. The highest BCUT2D eigenvalue weighted by Gasteiger charge is 2.19. The first-order valence-corrected chi connectivity index (χ1v) is 8.28. The van der Waals surface area contributed by atoms with Crippen LogP contribution in [0.15, 0.2) is 18.3 Å². The third-order valence-corrected chi connectivity index (χ3v) is 4.20. The lowest BCUT2D eigenvalue weighted by Crippen LogP contribution is -2.35. The van der Waals surface area contributed by atoms with E-state index < -0.39 is 0 Å².